The Morgan fingerprint density at radius 3 is 2.17 bits per heavy atom. The Kier molecular flexibility index (Phi) is 2.38. The van der Waals surface area contributed by atoms with Gasteiger partial charge in [-0.2, -0.15) is 0 Å². The number of phenolic OH excluding ortho intramolecular Hbond substituents is 1. The van der Waals surface area contributed by atoms with Crippen LogP contribution in [0, 0.1) is 5.92 Å². The highest BCUT2D eigenvalue weighted by molar-refractivity contribution is 5.31. The third-order valence-electron chi connectivity index (χ3n) is 2.43. The fourth-order valence-electron chi connectivity index (χ4n) is 1.51. The largest absolute Gasteiger partial charge is 0.508 e. The minimum absolute atomic E-state index is 0. The molecule has 66 valence electrons. The van der Waals surface area contributed by atoms with E-state index in [4.69, 9.17) is 5.11 Å². The predicted molar refractivity (Wildman–Crippen MR) is 49.7 cm³/mol. The Labute approximate surface area is 72.8 Å². The third kappa shape index (κ3) is 1.59. The molecule has 2 heteroatoms. The normalized spacial score (nSPS) is 26.1. The van der Waals surface area contributed by atoms with Gasteiger partial charge in [-0.25, -0.2) is 0 Å². The molecule has 1 aliphatic carbocycles. The van der Waals surface area contributed by atoms with Crippen LogP contribution in [0.3, 0.4) is 0 Å². The van der Waals surface area contributed by atoms with Crippen LogP contribution in [-0.4, -0.2) is 5.11 Å². The summed E-state index contributed by atoms with van der Waals surface area (Å²) in [6.07, 6.45) is 1.31. The second kappa shape index (κ2) is 3.15. The maximum atomic E-state index is 9.02. The lowest BCUT2D eigenvalue weighted by Gasteiger charge is -1.97. The molecular weight excluding hydrogens is 150 g/mol. The zero-order valence-electron chi connectivity index (χ0n) is 7.33. The van der Waals surface area contributed by atoms with E-state index in [1.54, 1.807) is 12.1 Å². The summed E-state index contributed by atoms with van der Waals surface area (Å²) in [7, 11) is 0. The van der Waals surface area contributed by atoms with Gasteiger partial charge >= 0.3 is 0 Å². The van der Waals surface area contributed by atoms with Crippen molar-refractivity contribution in [3.8, 4) is 5.75 Å². The van der Waals surface area contributed by atoms with Crippen molar-refractivity contribution < 1.29 is 5.11 Å². The summed E-state index contributed by atoms with van der Waals surface area (Å²) in [5.41, 5.74) is 1.37. The smallest absolute Gasteiger partial charge is 0.115 e. The van der Waals surface area contributed by atoms with E-state index in [2.05, 4.69) is 6.92 Å². The molecule has 1 aromatic carbocycles. The topological polar surface area (TPSA) is 55.2 Å². The van der Waals surface area contributed by atoms with Crippen molar-refractivity contribution in [1.29, 1.82) is 0 Å². The molecule has 0 saturated heterocycles. The highest BCUT2D eigenvalue weighted by Gasteiger charge is 2.33. The summed E-state index contributed by atoms with van der Waals surface area (Å²) in [5, 5.41) is 9.02. The molecule has 0 heterocycles. The molecule has 2 rings (SSSR count). The monoisotopic (exact) mass is 165 g/mol. The predicted octanol–water partition coefficient (Wildman–Crippen LogP) is 2.68. The second-order valence-corrected chi connectivity index (χ2v) is 3.41. The highest BCUT2D eigenvalue weighted by Crippen LogP contribution is 2.46. The first-order valence-electron chi connectivity index (χ1n) is 4.06. The van der Waals surface area contributed by atoms with Crippen molar-refractivity contribution in [1.82, 2.24) is 6.15 Å². The van der Waals surface area contributed by atoms with Gasteiger partial charge in [-0.3, -0.25) is 0 Å². The molecule has 4 N–H and O–H groups in total. The standard InChI is InChI=1S/C10H12O.H3N/c1-7-6-10(7)8-2-4-9(11)5-3-8;/h2-5,7,10-11H,6H2,1H3;1H3. The van der Waals surface area contributed by atoms with Crippen LogP contribution >= 0.6 is 0 Å². The Hall–Kier alpha value is -1.02. The molecule has 0 aromatic heterocycles. The fourth-order valence-corrected chi connectivity index (χ4v) is 1.51. The van der Waals surface area contributed by atoms with Gasteiger partial charge in [0, 0.05) is 0 Å². The first-order valence-corrected chi connectivity index (χ1v) is 4.06. The first kappa shape index (κ1) is 9.07. The minimum atomic E-state index is 0. The van der Waals surface area contributed by atoms with Gasteiger partial charge in [0.05, 0.1) is 0 Å². The van der Waals surface area contributed by atoms with Crippen molar-refractivity contribution in [3.05, 3.63) is 29.8 Å². The molecule has 2 atom stereocenters. The van der Waals surface area contributed by atoms with Crippen molar-refractivity contribution >= 4 is 0 Å². The molecule has 2 nitrogen and oxygen atoms in total. The molecule has 1 saturated carbocycles. The Morgan fingerprint density at radius 1 is 1.25 bits per heavy atom. The second-order valence-electron chi connectivity index (χ2n) is 3.41. The molecule has 0 aliphatic heterocycles. The third-order valence-corrected chi connectivity index (χ3v) is 2.43. The lowest BCUT2D eigenvalue weighted by molar-refractivity contribution is 0.475. The Balaban J connectivity index is 0.000000720. The van der Waals surface area contributed by atoms with Crippen LogP contribution in [0.15, 0.2) is 24.3 Å². The molecule has 0 spiro atoms. The summed E-state index contributed by atoms with van der Waals surface area (Å²) < 4.78 is 0. The van der Waals surface area contributed by atoms with Gasteiger partial charge in [-0.15, -0.1) is 0 Å². The van der Waals surface area contributed by atoms with Crippen LogP contribution in [0.5, 0.6) is 5.75 Å². The van der Waals surface area contributed by atoms with Crippen LogP contribution < -0.4 is 6.15 Å². The molecule has 0 radical (unpaired) electrons. The van der Waals surface area contributed by atoms with Crippen molar-refractivity contribution in [2.24, 2.45) is 5.92 Å². The lowest BCUT2D eigenvalue weighted by atomic mass is 10.1. The van der Waals surface area contributed by atoms with Gasteiger partial charge in [0.1, 0.15) is 5.75 Å². The molecule has 2 unspecified atom stereocenters. The summed E-state index contributed by atoms with van der Waals surface area (Å²) in [4.78, 5) is 0. The van der Waals surface area contributed by atoms with Gasteiger partial charge in [-0.1, -0.05) is 19.1 Å². The molecule has 0 amide bonds. The van der Waals surface area contributed by atoms with E-state index in [-0.39, 0.29) is 6.15 Å². The Bertz CT molecular complexity index is 255. The summed E-state index contributed by atoms with van der Waals surface area (Å²) in [5.74, 6) is 1.97. The number of hydrogen-bond donors (Lipinski definition) is 2. The number of rotatable bonds is 1. The summed E-state index contributed by atoms with van der Waals surface area (Å²) >= 11 is 0. The first-order chi connectivity index (χ1) is 5.27. The van der Waals surface area contributed by atoms with Crippen molar-refractivity contribution in [2.75, 3.05) is 0 Å². The quantitative estimate of drug-likeness (QED) is 0.672. The number of benzene rings is 1. The SMILES string of the molecule is CC1CC1c1ccc(O)cc1.N. The van der Waals surface area contributed by atoms with Crippen LogP contribution in [-0.2, 0) is 0 Å². The van der Waals surface area contributed by atoms with E-state index < -0.39 is 0 Å². The van der Waals surface area contributed by atoms with E-state index >= 15 is 0 Å². The van der Waals surface area contributed by atoms with Crippen LogP contribution in [0.4, 0.5) is 0 Å². The molecule has 0 bridgehead atoms. The van der Waals surface area contributed by atoms with Crippen molar-refractivity contribution in [3.63, 3.8) is 0 Å². The van der Waals surface area contributed by atoms with E-state index in [0.717, 1.165) is 11.8 Å². The van der Waals surface area contributed by atoms with Gasteiger partial charge < -0.3 is 11.3 Å². The number of aromatic hydroxyl groups is 1. The van der Waals surface area contributed by atoms with Gasteiger partial charge in [0.25, 0.3) is 0 Å². The fraction of sp³-hybridized carbons (Fsp3) is 0.400. The zero-order valence-corrected chi connectivity index (χ0v) is 7.33. The molecule has 1 aromatic rings. The van der Waals surface area contributed by atoms with Gasteiger partial charge in [0.15, 0.2) is 0 Å². The Morgan fingerprint density at radius 2 is 1.75 bits per heavy atom. The van der Waals surface area contributed by atoms with E-state index in [0.29, 0.717) is 5.75 Å². The van der Waals surface area contributed by atoms with Gasteiger partial charge in [0.2, 0.25) is 0 Å². The van der Waals surface area contributed by atoms with E-state index in [9.17, 15) is 0 Å². The molecule has 1 fully saturated rings. The zero-order chi connectivity index (χ0) is 7.84. The molecule has 12 heavy (non-hydrogen) atoms. The minimum Gasteiger partial charge on any atom is -0.508 e. The summed E-state index contributed by atoms with van der Waals surface area (Å²) in [6, 6.07) is 7.56. The average Bonchev–Trinajstić information content (AvgIpc) is 2.69. The lowest BCUT2D eigenvalue weighted by Crippen LogP contribution is -1.78. The average molecular weight is 165 g/mol. The van der Waals surface area contributed by atoms with Crippen molar-refractivity contribution in [2.45, 2.75) is 19.3 Å². The maximum Gasteiger partial charge on any atom is 0.115 e. The molecule has 1 aliphatic rings. The van der Waals surface area contributed by atoms with Crippen LogP contribution in [0.1, 0.15) is 24.8 Å². The van der Waals surface area contributed by atoms with E-state index in [1.165, 1.54) is 12.0 Å². The molecular formula is C10H15NO. The van der Waals surface area contributed by atoms with Crippen LogP contribution in [0.25, 0.3) is 0 Å². The highest BCUT2D eigenvalue weighted by atomic mass is 16.3. The number of hydrogen-bond acceptors (Lipinski definition) is 2. The number of phenols is 1. The van der Waals surface area contributed by atoms with E-state index in [1.807, 2.05) is 12.1 Å². The van der Waals surface area contributed by atoms with Crippen LogP contribution in [0.2, 0.25) is 0 Å². The summed E-state index contributed by atoms with van der Waals surface area (Å²) in [6.45, 7) is 2.26. The van der Waals surface area contributed by atoms with Gasteiger partial charge in [-0.05, 0) is 36.0 Å². The maximum absolute atomic E-state index is 9.02.